The Bertz CT molecular complexity index is 1050. The van der Waals surface area contributed by atoms with Gasteiger partial charge in [-0.2, -0.15) is 0 Å². The van der Waals surface area contributed by atoms with Crippen LogP contribution < -0.4 is 0 Å². The van der Waals surface area contributed by atoms with Gasteiger partial charge < -0.3 is 39.4 Å². The van der Waals surface area contributed by atoms with Crippen LogP contribution in [0.15, 0.2) is 36.5 Å². The van der Waals surface area contributed by atoms with Crippen molar-refractivity contribution in [3.05, 3.63) is 36.5 Å². The van der Waals surface area contributed by atoms with Gasteiger partial charge in [0.05, 0.1) is 19.8 Å². The lowest BCUT2D eigenvalue weighted by Gasteiger charge is -2.39. The number of unbranched alkanes of at least 4 members (excludes halogenated alkanes) is 28. The van der Waals surface area contributed by atoms with Crippen LogP contribution in [0.4, 0.5) is 0 Å². The van der Waals surface area contributed by atoms with Crippen molar-refractivity contribution in [3.8, 4) is 0 Å². The highest BCUT2D eigenvalue weighted by Gasteiger charge is 2.44. The molecular formula is C53H98O9. The summed E-state index contributed by atoms with van der Waals surface area (Å²) in [5.74, 6) is -0.315. The maximum Gasteiger partial charge on any atom is 0.306 e. The van der Waals surface area contributed by atoms with Gasteiger partial charge in [-0.15, -0.1) is 0 Å². The van der Waals surface area contributed by atoms with Gasteiger partial charge in [-0.1, -0.05) is 211 Å². The van der Waals surface area contributed by atoms with Crippen LogP contribution in [0.3, 0.4) is 0 Å². The van der Waals surface area contributed by atoms with E-state index >= 15 is 0 Å². The quantitative estimate of drug-likeness (QED) is 0.0268. The van der Waals surface area contributed by atoms with E-state index in [-0.39, 0.29) is 19.2 Å². The van der Waals surface area contributed by atoms with Gasteiger partial charge in [0.15, 0.2) is 6.29 Å². The minimum Gasteiger partial charge on any atom is -0.457 e. The van der Waals surface area contributed by atoms with Gasteiger partial charge in [0.25, 0.3) is 0 Å². The molecule has 0 saturated carbocycles. The Balaban J connectivity index is 2.17. The van der Waals surface area contributed by atoms with Crippen molar-refractivity contribution in [2.75, 3.05) is 26.4 Å². The van der Waals surface area contributed by atoms with E-state index in [1.165, 1.54) is 167 Å². The first-order valence-electron chi connectivity index (χ1n) is 26.1. The monoisotopic (exact) mass is 879 g/mol. The third-order valence-corrected chi connectivity index (χ3v) is 12.1. The Morgan fingerprint density at radius 3 is 1.40 bits per heavy atom. The van der Waals surface area contributed by atoms with E-state index in [0.717, 1.165) is 44.9 Å². The van der Waals surface area contributed by atoms with Crippen molar-refractivity contribution in [2.45, 2.75) is 269 Å². The number of carbonyl (C=O) groups excluding carboxylic acids is 1. The summed E-state index contributed by atoms with van der Waals surface area (Å²) in [7, 11) is 0. The summed E-state index contributed by atoms with van der Waals surface area (Å²) in [6, 6.07) is 0. The van der Waals surface area contributed by atoms with Crippen molar-refractivity contribution in [3.63, 3.8) is 0 Å². The van der Waals surface area contributed by atoms with Crippen molar-refractivity contribution >= 4 is 5.97 Å². The normalized spacial score (nSPS) is 20.0. The largest absolute Gasteiger partial charge is 0.457 e. The van der Waals surface area contributed by atoms with Gasteiger partial charge in [-0.05, 0) is 51.4 Å². The molecule has 0 aromatic carbocycles. The molecule has 9 nitrogen and oxygen atoms in total. The first-order valence-corrected chi connectivity index (χ1v) is 26.1. The number of esters is 1. The van der Waals surface area contributed by atoms with Crippen molar-refractivity contribution in [1.29, 1.82) is 0 Å². The van der Waals surface area contributed by atoms with E-state index in [0.29, 0.717) is 13.0 Å². The van der Waals surface area contributed by atoms with Gasteiger partial charge in [0, 0.05) is 13.0 Å². The van der Waals surface area contributed by atoms with Crippen LogP contribution in [-0.2, 0) is 23.7 Å². The minimum atomic E-state index is -1.54. The average molecular weight is 879 g/mol. The molecule has 0 bridgehead atoms. The van der Waals surface area contributed by atoms with Gasteiger partial charge in [-0.3, -0.25) is 4.79 Å². The van der Waals surface area contributed by atoms with E-state index in [1.807, 2.05) is 0 Å². The molecule has 0 aromatic heterocycles. The highest BCUT2D eigenvalue weighted by Crippen LogP contribution is 2.23. The Morgan fingerprint density at radius 1 is 0.516 bits per heavy atom. The number of allylic oxidation sites excluding steroid dienone is 6. The predicted octanol–water partition coefficient (Wildman–Crippen LogP) is 12.7. The van der Waals surface area contributed by atoms with Gasteiger partial charge in [-0.25, -0.2) is 0 Å². The topological polar surface area (TPSA) is 135 Å². The lowest BCUT2D eigenvalue weighted by molar-refractivity contribution is -0.305. The zero-order valence-corrected chi connectivity index (χ0v) is 40.1. The first-order chi connectivity index (χ1) is 30.4. The van der Waals surface area contributed by atoms with Gasteiger partial charge in [0.2, 0.25) is 0 Å². The Labute approximate surface area is 380 Å². The molecule has 1 aliphatic heterocycles. The molecular weight excluding hydrogens is 781 g/mol. The summed E-state index contributed by atoms with van der Waals surface area (Å²) < 4.78 is 22.9. The number of aliphatic hydroxyl groups excluding tert-OH is 4. The van der Waals surface area contributed by atoms with E-state index in [9.17, 15) is 25.2 Å². The fraction of sp³-hybridized carbons (Fsp3) is 0.868. The molecule has 1 rings (SSSR count). The molecule has 1 heterocycles. The maximum atomic E-state index is 12.8. The molecule has 6 atom stereocenters. The second kappa shape index (κ2) is 44.6. The van der Waals surface area contributed by atoms with Gasteiger partial charge >= 0.3 is 5.97 Å². The van der Waals surface area contributed by atoms with Crippen LogP contribution in [0, 0.1) is 0 Å². The summed E-state index contributed by atoms with van der Waals surface area (Å²) in [6.45, 7) is 4.58. The summed E-state index contributed by atoms with van der Waals surface area (Å²) in [5, 5.41) is 40.2. The third-order valence-electron chi connectivity index (χ3n) is 12.1. The van der Waals surface area contributed by atoms with E-state index in [2.05, 4.69) is 50.3 Å². The second-order valence-corrected chi connectivity index (χ2v) is 18.0. The third kappa shape index (κ3) is 34.8. The molecule has 0 amide bonds. The number of aliphatic hydroxyl groups is 4. The summed E-state index contributed by atoms with van der Waals surface area (Å²) >= 11 is 0. The van der Waals surface area contributed by atoms with Crippen molar-refractivity contribution in [2.24, 2.45) is 0 Å². The summed E-state index contributed by atoms with van der Waals surface area (Å²) in [5.41, 5.74) is 0. The van der Waals surface area contributed by atoms with E-state index in [1.54, 1.807) is 0 Å². The van der Waals surface area contributed by atoms with Crippen LogP contribution in [-0.4, -0.2) is 89.6 Å². The van der Waals surface area contributed by atoms with Gasteiger partial charge in [0.1, 0.15) is 30.5 Å². The second-order valence-electron chi connectivity index (χ2n) is 18.0. The molecule has 1 aliphatic rings. The smallest absolute Gasteiger partial charge is 0.306 e. The summed E-state index contributed by atoms with van der Waals surface area (Å²) in [4.78, 5) is 12.8. The standard InChI is InChI=1S/C53H98O9/c1-3-5-7-9-11-13-15-17-19-20-21-22-23-24-25-26-27-28-29-30-32-34-36-38-40-42-49(55)61-47(46-60-53-52(58)51(57)50(56)48(44-54)62-53)45-59-43-41-39-37-35-33-31-18-16-14-12-10-8-6-4-2/h15,17,20-21,23-24,47-48,50-54,56-58H,3-14,16,18-19,22,25-46H2,1-2H3/b17-15-,21-20-,24-23-. The van der Waals surface area contributed by atoms with E-state index < -0.39 is 43.4 Å². The lowest BCUT2D eigenvalue weighted by Crippen LogP contribution is -2.59. The zero-order chi connectivity index (χ0) is 45.0. The van der Waals surface area contributed by atoms with E-state index in [4.69, 9.17) is 18.9 Å². The van der Waals surface area contributed by atoms with Crippen LogP contribution in [0.5, 0.6) is 0 Å². The van der Waals surface area contributed by atoms with Crippen molar-refractivity contribution in [1.82, 2.24) is 0 Å². The molecule has 62 heavy (non-hydrogen) atoms. The molecule has 6 unspecified atom stereocenters. The Morgan fingerprint density at radius 2 is 0.935 bits per heavy atom. The summed E-state index contributed by atoms with van der Waals surface area (Å²) in [6.07, 6.45) is 47.5. The minimum absolute atomic E-state index is 0.112. The number of ether oxygens (including phenoxy) is 4. The number of hydrogen-bond donors (Lipinski definition) is 4. The molecule has 4 N–H and O–H groups in total. The molecule has 1 saturated heterocycles. The van der Waals surface area contributed by atoms with Crippen molar-refractivity contribution < 1.29 is 44.2 Å². The molecule has 364 valence electrons. The van der Waals surface area contributed by atoms with Crippen LogP contribution in [0.2, 0.25) is 0 Å². The highest BCUT2D eigenvalue weighted by atomic mass is 16.7. The average Bonchev–Trinajstić information content (AvgIpc) is 3.27. The number of rotatable bonds is 45. The number of carbonyl (C=O) groups is 1. The Hall–Kier alpha value is -1.59. The molecule has 9 heteroatoms. The predicted molar refractivity (Wildman–Crippen MR) is 256 cm³/mol. The highest BCUT2D eigenvalue weighted by molar-refractivity contribution is 5.69. The first kappa shape index (κ1) is 58.4. The SMILES string of the molecule is CCCCCCC/C=C\C/C=C\C/C=C\CCCCCCCCCCCCC(=O)OC(COCCCCCCCCCCCCCCCC)COC1OC(CO)C(O)C(O)C1O. The molecule has 0 aliphatic carbocycles. The fourth-order valence-electron chi connectivity index (χ4n) is 7.97. The Kier molecular flexibility index (Phi) is 42.0. The van der Waals surface area contributed by atoms with Crippen LogP contribution in [0.1, 0.15) is 232 Å². The molecule has 1 fully saturated rings. The zero-order valence-electron chi connectivity index (χ0n) is 40.1. The lowest BCUT2D eigenvalue weighted by atomic mass is 9.99. The fourth-order valence-corrected chi connectivity index (χ4v) is 7.97. The van der Waals surface area contributed by atoms with Crippen LogP contribution in [0.25, 0.3) is 0 Å². The van der Waals surface area contributed by atoms with Crippen LogP contribution >= 0.6 is 0 Å². The number of hydrogen-bond acceptors (Lipinski definition) is 9. The maximum absolute atomic E-state index is 12.8. The molecule has 0 radical (unpaired) electrons. The molecule has 0 spiro atoms. The molecule has 0 aromatic rings.